The molecule has 0 amide bonds. The van der Waals surface area contributed by atoms with Gasteiger partial charge in [-0.2, -0.15) is 0 Å². The molecule has 0 bridgehead atoms. The molecule has 7 heteroatoms. The Morgan fingerprint density at radius 2 is 1.72 bits per heavy atom. The van der Waals surface area contributed by atoms with Gasteiger partial charge in [-0.25, -0.2) is 18.1 Å². The summed E-state index contributed by atoms with van der Waals surface area (Å²) in [6.45, 7) is 1.83. The van der Waals surface area contributed by atoms with Crippen molar-refractivity contribution in [3.8, 4) is 11.4 Å². The van der Waals surface area contributed by atoms with Gasteiger partial charge >= 0.3 is 0 Å². The molecule has 0 saturated carbocycles. The summed E-state index contributed by atoms with van der Waals surface area (Å²) in [6, 6.07) is 17.9. The number of imidazole rings is 1. The van der Waals surface area contributed by atoms with Crippen molar-refractivity contribution < 1.29 is 13.2 Å². The standard InChI is InChI=1S/C22H21N3O3S/c1-16(17-7-9-18(10-8-17)25-14-13-23-15-25)24-29(26,27)22-12-11-21(28-2)19-5-3-4-6-20(19)22/h3-16,24H,1-2H3/t16-/m1/s1. The quantitative estimate of drug-likeness (QED) is 0.523. The monoisotopic (exact) mass is 407 g/mol. The van der Waals surface area contributed by atoms with Crippen molar-refractivity contribution in [2.45, 2.75) is 17.9 Å². The molecule has 148 valence electrons. The Balaban J connectivity index is 1.63. The molecule has 0 aliphatic heterocycles. The summed E-state index contributed by atoms with van der Waals surface area (Å²) in [4.78, 5) is 4.27. The van der Waals surface area contributed by atoms with Gasteiger partial charge in [0.2, 0.25) is 10.0 Å². The summed E-state index contributed by atoms with van der Waals surface area (Å²) in [6.07, 6.45) is 5.29. The van der Waals surface area contributed by atoms with E-state index >= 15 is 0 Å². The van der Waals surface area contributed by atoms with Gasteiger partial charge in [-0.05, 0) is 36.8 Å². The molecule has 1 aromatic heterocycles. The molecule has 4 rings (SSSR count). The third-order valence-electron chi connectivity index (χ3n) is 4.88. The van der Waals surface area contributed by atoms with Gasteiger partial charge in [0.25, 0.3) is 0 Å². The molecule has 4 aromatic rings. The van der Waals surface area contributed by atoms with Crippen LogP contribution in [0.3, 0.4) is 0 Å². The first kappa shape index (κ1) is 19.2. The summed E-state index contributed by atoms with van der Waals surface area (Å²) in [5.74, 6) is 0.641. The second kappa shape index (κ2) is 7.69. The fourth-order valence-electron chi connectivity index (χ4n) is 3.37. The largest absolute Gasteiger partial charge is 0.496 e. The smallest absolute Gasteiger partial charge is 0.241 e. The minimum Gasteiger partial charge on any atom is -0.496 e. The molecule has 1 heterocycles. The van der Waals surface area contributed by atoms with Gasteiger partial charge in [-0.1, -0.05) is 36.4 Å². The van der Waals surface area contributed by atoms with Crippen molar-refractivity contribution in [2.75, 3.05) is 7.11 Å². The number of hydrogen-bond acceptors (Lipinski definition) is 4. The Labute approximate surface area is 169 Å². The van der Waals surface area contributed by atoms with Crippen molar-refractivity contribution in [3.05, 3.63) is 84.9 Å². The zero-order valence-electron chi connectivity index (χ0n) is 16.1. The van der Waals surface area contributed by atoms with E-state index in [4.69, 9.17) is 4.74 Å². The lowest BCUT2D eigenvalue weighted by Gasteiger charge is -2.17. The second-order valence-corrected chi connectivity index (χ2v) is 8.40. The fraction of sp³-hybridized carbons (Fsp3) is 0.136. The van der Waals surface area contributed by atoms with Crippen LogP contribution in [0.15, 0.2) is 84.3 Å². The highest BCUT2D eigenvalue weighted by atomic mass is 32.2. The van der Waals surface area contributed by atoms with Crippen molar-refractivity contribution in [3.63, 3.8) is 0 Å². The van der Waals surface area contributed by atoms with Gasteiger partial charge in [0.15, 0.2) is 0 Å². The van der Waals surface area contributed by atoms with Crippen LogP contribution in [0.5, 0.6) is 5.75 Å². The minimum atomic E-state index is -3.73. The molecule has 29 heavy (non-hydrogen) atoms. The number of fused-ring (bicyclic) bond motifs is 1. The first-order chi connectivity index (χ1) is 14.0. The Bertz CT molecular complexity index is 1230. The van der Waals surface area contributed by atoms with Crippen LogP contribution in [-0.4, -0.2) is 25.1 Å². The van der Waals surface area contributed by atoms with Crippen molar-refractivity contribution in [2.24, 2.45) is 0 Å². The van der Waals surface area contributed by atoms with Crippen molar-refractivity contribution in [1.82, 2.24) is 14.3 Å². The number of hydrogen-bond donors (Lipinski definition) is 1. The van der Waals surface area contributed by atoms with Crippen LogP contribution >= 0.6 is 0 Å². The normalized spacial score (nSPS) is 12.8. The number of nitrogens with zero attached hydrogens (tertiary/aromatic N) is 2. The van der Waals surface area contributed by atoms with Gasteiger partial charge < -0.3 is 9.30 Å². The molecule has 0 radical (unpaired) electrons. The van der Waals surface area contributed by atoms with E-state index in [9.17, 15) is 8.42 Å². The molecule has 1 N–H and O–H groups in total. The Kier molecular flexibility index (Phi) is 5.08. The predicted molar refractivity (Wildman–Crippen MR) is 113 cm³/mol. The first-order valence-electron chi connectivity index (χ1n) is 9.16. The molecular weight excluding hydrogens is 386 g/mol. The summed E-state index contributed by atoms with van der Waals surface area (Å²) in [5.41, 5.74) is 1.83. The van der Waals surface area contributed by atoms with E-state index in [2.05, 4.69) is 9.71 Å². The number of ether oxygens (including phenoxy) is 1. The van der Waals surface area contributed by atoms with Gasteiger partial charge in [0.1, 0.15) is 5.75 Å². The van der Waals surface area contributed by atoms with Crippen LogP contribution in [0.1, 0.15) is 18.5 Å². The Hall–Kier alpha value is -3.16. The SMILES string of the molecule is COc1ccc(S(=O)(=O)N[C@H](C)c2ccc(-n3ccnc3)cc2)c2ccccc12. The first-order valence-corrected chi connectivity index (χ1v) is 10.6. The molecule has 0 spiro atoms. The molecule has 0 aliphatic rings. The predicted octanol–water partition coefficient (Wildman–Crippen LogP) is 4.07. The van der Waals surface area contributed by atoms with E-state index in [1.807, 2.05) is 60.2 Å². The lowest BCUT2D eigenvalue weighted by molar-refractivity contribution is 0.419. The molecule has 1 atom stereocenters. The third-order valence-corrected chi connectivity index (χ3v) is 6.48. The van der Waals surface area contributed by atoms with Crippen LogP contribution in [0.4, 0.5) is 0 Å². The van der Waals surface area contributed by atoms with Crippen LogP contribution in [0.25, 0.3) is 16.5 Å². The van der Waals surface area contributed by atoms with Crippen molar-refractivity contribution >= 4 is 20.8 Å². The number of aromatic nitrogens is 2. The molecule has 0 fully saturated rings. The maximum atomic E-state index is 13.1. The van der Waals surface area contributed by atoms with Crippen LogP contribution in [0.2, 0.25) is 0 Å². The summed E-state index contributed by atoms with van der Waals surface area (Å²) in [7, 11) is -2.16. The highest BCUT2D eigenvalue weighted by Crippen LogP contribution is 2.31. The molecule has 0 unspecified atom stereocenters. The Morgan fingerprint density at radius 1 is 1.00 bits per heavy atom. The van der Waals surface area contributed by atoms with E-state index in [1.165, 1.54) is 0 Å². The van der Waals surface area contributed by atoms with Crippen LogP contribution in [-0.2, 0) is 10.0 Å². The third kappa shape index (κ3) is 3.74. The number of methoxy groups -OCH3 is 1. The van der Waals surface area contributed by atoms with E-state index in [0.29, 0.717) is 11.1 Å². The Morgan fingerprint density at radius 3 is 2.38 bits per heavy atom. The maximum absolute atomic E-state index is 13.1. The molecule has 0 saturated heterocycles. The second-order valence-electron chi connectivity index (χ2n) is 6.72. The van der Waals surface area contributed by atoms with E-state index in [0.717, 1.165) is 16.6 Å². The average molecular weight is 407 g/mol. The zero-order valence-corrected chi connectivity index (χ0v) is 16.9. The van der Waals surface area contributed by atoms with E-state index < -0.39 is 16.1 Å². The van der Waals surface area contributed by atoms with Crippen LogP contribution < -0.4 is 9.46 Å². The number of rotatable bonds is 6. The van der Waals surface area contributed by atoms with E-state index in [-0.39, 0.29) is 4.90 Å². The molecule has 3 aromatic carbocycles. The molecule has 0 aliphatic carbocycles. The van der Waals surface area contributed by atoms with E-state index in [1.54, 1.807) is 37.8 Å². The zero-order chi connectivity index (χ0) is 20.4. The van der Waals surface area contributed by atoms with Gasteiger partial charge in [-0.15, -0.1) is 0 Å². The maximum Gasteiger partial charge on any atom is 0.241 e. The number of nitrogens with one attached hydrogen (secondary N) is 1. The highest BCUT2D eigenvalue weighted by molar-refractivity contribution is 7.89. The summed E-state index contributed by atoms with van der Waals surface area (Å²) >= 11 is 0. The van der Waals surface area contributed by atoms with Crippen molar-refractivity contribution in [1.29, 1.82) is 0 Å². The summed E-state index contributed by atoms with van der Waals surface area (Å²) in [5, 5.41) is 1.39. The molecule has 6 nitrogen and oxygen atoms in total. The summed E-state index contributed by atoms with van der Waals surface area (Å²) < 4.78 is 36.3. The molecular formula is C22H21N3O3S. The van der Waals surface area contributed by atoms with Gasteiger partial charge in [0.05, 0.1) is 18.3 Å². The number of sulfonamides is 1. The van der Waals surface area contributed by atoms with Gasteiger partial charge in [0, 0.05) is 34.9 Å². The lowest BCUT2D eigenvalue weighted by Crippen LogP contribution is -2.27. The average Bonchev–Trinajstić information content (AvgIpc) is 3.27. The highest BCUT2D eigenvalue weighted by Gasteiger charge is 2.22. The fourth-order valence-corrected chi connectivity index (χ4v) is 4.81. The topological polar surface area (TPSA) is 73.2 Å². The van der Waals surface area contributed by atoms with Gasteiger partial charge in [-0.3, -0.25) is 0 Å². The van der Waals surface area contributed by atoms with Crippen LogP contribution in [0, 0.1) is 0 Å². The lowest BCUT2D eigenvalue weighted by atomic mass is 10.1. The minimum absolute atomic E-state index is 0.232. The number of benzene rings is 3.